The van der Waals surface area contributed by atoms with Gasteiger partial charge in [-0.3, -0.25) is 10.1 Å². The van der Waals surface area contributed by atoms with Crippen LogP contribution in [0.3, 0.4) is 0 Å². The van der Waals surface area contributed by atoms with Gasteiger partial charge in [-0.1, -0.05) is 0 Å². The van der Waals surface area contributed by atoms with E-state index in [9.17, 15) is 18.8 Å². The summed E-state index contributed by atoms with van der Waals surface area (Å²) in [6.07, 6.45) is -3.19. The number of amides is 3. The van der Waals surface area contributed by atoms with Gasteiger partial charge in [0, 0.05) is 5.56 Å². The maximum absolute atomic E-state index is 13.4. The predicted molar refractivity (Wildman–Crippen MR) is 62.9 cm³/mol. The first-order chi connectivity index (χ1) is 9.90. The van der Waals surface area contributed by atoms with Gasteiger partial charge in [0.05, 0.1) is 6.42 Å². The molecule has 1 spiro atoms. The van der Waals surface area contributed by atoms with Gasteiger partial charge in [0.25, 0.3) is 12.2 Å². The van der Waals surface area contributed by atoms with Gasteiger partial charge in [-0.15, -0.1) is 0 Å². The molecule has 110 valence electrons. The first-order valence-corrected chi connectivity index (χ1v) is 5.90. The molecule has 3 amide bonds. The van der Waals surface area contributed by atoms with Gasteiger partial charge in [-0.05, 0) is 18.2 Å². The fraction of sp³-hybridized carbons (Fsp3) is 0.250. The van der Waals surface area contributed by atoms with Crippen molar-refractivity contribution in [3.05, 3.63) is 29.6 Å². The molecule has 2 aliphatic rings. The minimum atomic E-state index is -1.62. The Kier molecular flexibility index (Phi) is 2.71. The Balaban J connectivity index is 2.10. The maximum Gasteiger partial charge on any atom is 0.508 e. The SMILES string of the molecule is O=C1NC(=O)C2(CC(OC(=O)O)Oc3ccc(F)cc32)N1. The van der Waals surface area contributed by atoms with E-state index in [0.29, 0.717) is 0 Å². The van der Waals surface area contributed by atoms with E-state index in [2.05, 4.69) is 10.1 Å². The van der Waals surface area contributed by atoms with Crippen molar-refractivity contribution in [2.45, 2.75) is 18.2 Å². The smallest absolute Gasteiger partial charge is 0.454 e. The Hall–Kier alpha value is -2.84. The quantitative estimate of drug-likeness (QED) is 0.518. The summed E-state index contributed by atoms with van der Waals surface area (Å²) in [4.78, 5) is 34.1. The molecular weight excluding hydrogens is 287 g/mol. The van der Waals surface area contributed by atoms with E-state index in [1.807, 2.05) is 5.32 Å². The van der Waals surface area contributed by atoms with E-state index in [0.717, 1.165) is 12.1 Å². The number of carboxylic acid groups (broad SMARTS) is 1. The van der Waals surface area contributed by atoms with Crippen molar-refractivity contribution in [3.8, 4) is 5.75 Å². The molecule has 1 aromatic rings. The highest BCUT2D eigenvalue weighted by molar-refractivity contribution is 6.07. The zero-order valence-corrected chi connectivity index (χ0v) is 10.4. The van der Waals surface area contributed by atoms with Gasteiger partial charge in [0.2, 0.25) is 0 Å². The maximum atomic E-state index is 13.4. The number of benzene rings is 1. The molecule has 8 nitrogen and oxygen atoms in total. The van der Waals surface area contributed by atoms with Crippen molar-refractivity contribution in [3.63, 3.8) is 0 Å². The molecule has 0 bridgehead atoms. The monoisotopic (exact) mass is 296 g/mol. The van der Waals surface area contributed by atoms with Crippen molar-refractivity contribution < 1.29 is 33.4 Å². The first kappa shape index (κ1) is 13.2. The lowest BCUT2D eigenvalue weighted by Crippen LogP contribution is -2.51. The largest absolute Gasteiger partial charge is 0.508 e. The average molecular weight is 296 g/mol. The molecule has 2 atom stereocenters. The summed E-state index contributed by atoms with van der Waals surface area (Å²) >= 11 is 0. The molecule has 1 fully saturated rings. The number of rotatable bonds is 1. The van der Waals surface area contributed by atoms with Crippen molar-refractivity contribution in [2.24, 2.45) is 0 Å². The van der Waals surface area contributed by atoms with Gasteiger partial charge in [0.1, 0.15) is 11.6 Å². The molecule has 2 heterocycles. The average Bonchev–Trinajstić information content (AvgIpc) is 2.65. The second kappa shape index (κ2) is 4.33. The Morgan fingerprint density at radius 2 is 2.24 bits per heavy atom. The number of nitrogens with one attached hydrogen (secondary N) is 2. The van der Waals surface area contributed by atoms with Crippen LogP contribution in [0.5, 0.6) is 5.75 Å². The molecule has 9 heteroatoms. The fourth-order valence-electron chi connectivity index (χ4n) is 2.48. The topological polar surface area (TPSA) is 114 Å². The number of fused-ring (bicyclic) bond motifs is 2. The highest BCUT2D eigenvalue weighted by Gasteiger charge is 2.54. The molecule has 21 heavy (non-hydrogen) atoms. The highest BCUT2D eigenvalue weighted by atomic mass is 19.1. The summed E-state index contributed by atoms with van der Waals surface area (Å²) in [6, 6.07) is 2.62. The third-order valence-electron chi connectivity index (χ3n) is 3.31. The summed E-state index contributed by atoms with van der Waals surface area (Å²) in [5, 5.41) is 13.1. The third-order valence-corrected chi connectivity index (χ3v) is 3.31. The number of ether oxygens (including phenoxy) is 2. The van der Waals surface area contributed by atoms with Crippen LogP contribution in [0.25, 0.3) is 0 Å². The standard InChI is InChI=1S/C12H9FN2O6/c13-5-1-2-7-6(3-5)12(9(16)14-10(17)15-12)4-8(20-7)21-11(18)19/h1-3,8H,4H2,(H,18,19)(H2,14,15,16,17). The molecule has 0 radical (unpaired) electrons. The number of imide groups is 1. The fourth-order valence-corrected chi connectivity index (χ4v) is 2.48. The highest BCUT2D eigenvalue weighted by Crippen LogP contribution is 2.41. The van der Waals surface area contributed by atoms with Gasteiger partial charge in [-0.2, -0.15) is 0 Å². The van der Waals surface area contributed by atoms with E-state index in [4.69, 9.17) is 9.84 Å². The van der Waals surface area contributed by atoms with Crippen molar-refractivity contribution >= 4 is 18.1 Å². The normalized spacial score (nSPS) is 26.6. The van der Waals surface area contributed by atoms with E-state index in [1.165, 1.54) is 6.07 Å². The molecule has 0 aromatic heterocycles. The van der Waals surface area contributed by atoms with Gasteiger partial charge in [0.15, 0.2) is 5.54 Å². The van der Waals surface area contributed by atoms with E-state index >= 15 is 0 Å². The van der Waals surface area contributed by atoms with Gasteiger partial charge < -0.3 is 19.9 Å². The molecule has 3 rings (SSSR count). The molecular formula is C12H9FN2O6. The Bertz CT molecular complexity index is 663. The van der Waals surface area contributed by atoms with Crippen molar-refractivity contribution in [1.29, 1.82) is 0 Å². The van der Waals surface area contributed by atoms with Gasteiger partial charge >= 0.3 is 12.2 Å². The number of urea groups is 1. The number of carbonyl (C=O) groups is 3. The third kappa shape index (κ3) is 2.02. The van der Waals surface area contributed by atoms with E-state index in [1.54, 1.807) is 0 Å². The minimum absolute atomic E-state index is 0.0613. The van der Waals surface area contributed by atoms with Crippen LogP contribution in [0.4, 0.5) is 14.0 Å². The molecule has 2 aliphatic heterocycles. The molecule has 0 saturated carbocycles. The second-order valence-electron chi connectivity index (χ2n) is 4.59. The summed E-state index contributed by atoms with van der Waals surface area (Å²) < 4.78 is 23.2. The van der Waals surface area contributed by atoms with Crippen LogP contribution in [0.1, 0.15) is 12.0 Å². The molecule has 1 saturated heterocycles. The molecule has 2 unspecified atom stereocenters. The predicted octanol–water partition coefficient (Wildman–Crippen LogP) is 0.664. The second-order valence-corrected chi connectivity index (χ2v) is 4.59. The molecule has 0 aliphatic carbocycles. The lowest BCUT2D eigenvalue weighted by Gasteiger charge is -2.36. The van der Waals surface area contributed by atoms with Gasteiger partial charge in [-0.25, -0.2) is 14.0 Å². The number of hydrogen-bond donors (Lipinski definition) is 3. The molecule has 3 N–H and O–H groups in total. The zero-order chi connectivity index (χ0) is 15.2. The lowest BCUT2D eigenvalue weighted by molar-refractivity contribution is -0.132. The Morgan fingerprint density at radius 1 is 1.48 bits per heavy atom. The van der Waals surface area contributed by atoms with E-state index < -0.39 is 35.7 Å². The summed E-state index contributed by atoms with van der Waals surface area (Å²) in [5.41, 5.74) is -1.51. The Morgan fingerprint density at radius 3 is 2.86 bits per heavy atom. The number of hydrogen-bond acceptors (Lipinski definition) is 5. The van der Waals surface area contributed by atoms with Crippen LogP contribution < -0.4 is 15.4 Å². The molecule has 1 aromatic carbocycles. The lowest BCUT2D eigenvalue weighted by atomic mass is 9.84. The van der Waals surface area contributed by atoms with Crippen LogP contribution >= 0.6 is 0 Å². The number of halogens is 1. The Labute approximate surface area is 116 Å². The zero-order valence-electron chi connectivity index (χ0n) is 10.4. The first-order valence-electron chi connectivity index (χ1n) is 5.90. The van der Waals surface area contributed by atoms with Crippen LogP contribution in [0.2, 0.25) is 0 Å². The number of carbonyl (C=O) groups excluding carboxylic acids is 2. The summed E-state index contributed by atoms with van der Waals surface area (Å²) in [6.45, 7) is 0. The van der Waals surface area contributed by atoms with Crippen molar-refractivity contribution in [1.82, 2.24) is 10.6 Å². The van der Waals surface area contributed by atoms with Crippen molar-refractivity contribution in [2.75, 3.05) is 0 Å². The summed E-state index contributed by atoms with van der Waals surface area (Å²) in [7, 11) is 0. The van der Waals surface area contributed by atoms with Crippen LogP contribution in [-0.4, -0.2) is 29.5 Å². The van der Waals surface area contributed by atoms with Crippen LogP contribution in [-0.2, 0) is 15.1 Å². The summed E-state index contributed by atoms with van der Waals surface area (Å²) in [5.74, 6) is -1.28. The minimum Gasteiger partial charge on any atom is -0.454 e. The van der Waals surface area contributed by atoms with E-state index in [-0.39, 0.29) is 17.7 Å². The van der Waals surface area contributed by atoms with Crippen LogP contribution in [0, 0.1) is 5.82 Å². The van der Waals surface area contributed by atoms with Crippen LogP contribution in [0.15, 0.2) is 18.2 Å².